The lowest BCUT2D eigenvalue weighted by molar-refractivity contribution is -0.150. The van der Waals surface area contributed by atoms with Crippen molar-refractivity contribution in [2.75, 3.05) is 13.7 Å². The summed E-state index contributed by atoms with van der Waals surface area (Å²) in [5, 5.41) is 15.7. The summed E-state index contributed by atoms with van der Waals surface area (Å²) in [6.45, 7) is 9.40. The molecule has 8 heteroatoms. The number of fused-ring (bicyclic) bond motifs is 1. The van der Waals surface area contributed by atoms with E-state index in [-0.39, 0.29) is 36.3 Å². The first-order chi connectivity index (χ1) is 13.5. The van der Waals surface area contributed by atoms with Crippen LogP contribution < -0.4 is 10.6 Å². The van der Waals surface area contributed by atoms with Crippen molar-refractivity contribution >= 4 is 17.7 Å². The maximum absolute atomic E-state index is 13.7. The number of nitrogens with one attached hydrogen (secondary N) is 2. The Labute approximate surface area is 172 Å². The van der Waals surface area contributed by atoms with E-state index in [4.69, 9.17) is 4.74 Å². The lowest BCUT2D eigenvalue weighted by atomic mass is 9.66. The molecule has 0 aromatic carbocycles. The maximum Gasteiger partial charge on any atom is 0.246 e. The molecule has 0 aromatic heterocycles. The monoisotopic (exact) mass is 409 g/mol. The average Bonchev–Trinajstić information content (AvgIpc) is 3.19. The van der Waals surface area contributed by atoms with Crippen molar-refractivity contribution in [1.82, 2.24) is 15.5 Å². The van der Waals surface area contributed by atoms with Crippen molar-refractivity contribution in [3.63, 3.8) is 0 Å². The Morgan fingerprint density at radius 2 is 1.90 bits per heavy atom. The van der Waals surface area contributed by atoms with Gasteiger partial charge in [-0.25, -0.2) is 0 Å². The third-order valence-electron chi connectivity index (χ3n) is 6.77. The quantitative estimate of drug-likeness (QED) is 0.565. The number of aliphatic hydroxyl groups excluding tert-OH is 1. The van der Waals surface area contributed by atoms with E-state index in [2.05, 4.69) is 10.6 Å². The fourth-order valence-corrected chi connectivity index (χ4v) is 5.80. The van der Waals surface area contributed by atoms with Gasteiger partial charge in [0, 0.05) is 13.1 Å². The van der Waals surface area contributed by atoms with E-state index < -0.39 is 35.1 Å². The molecule has 3 N–H and O–H groups in total. The summed E-state index contributed by atoms with van der Waals surface area (Å²) in [5.41, 5.74) is -1.80. The van der Waals surface area contributed by atoms with Crippen molar-refractivity contribution in [1.29, 1.82) is 0 Å². The van der Waals surface area contributed by atoms with Crippen LogP contribution in [0.2, 0.25) is 0 Å². The Morgan fingerprint density at radius 3 is 2.41 bits per heavy atom. The third-order valence-corrected chi connectivity index (χ3v) is 6.77. The molecule has 2 bridgehead atoms. The molecular weight excluding hydrogens is 374 g/mol. The van der Waals surface area contributed by atoms with Gasteiger partial charge in [0.15, 0.2) is 0 Å². The van der Waals surface area contributed by atoms with Gasteiger partial charge in [-0.15, -0.1) is 0 Å². The normalized spacial score (nSPS) is 36.7. The molecule has 3 saturated heterocycles. The largest absolute Gasteiger partial charge is 0.394 e. The number of rotatable bonds is 7. The third kappa shape index (κ3) is 3.24. The van der Waals surface area contributed by atoms with Crippen LogP contribution in [-0.2, 0) is 19.1 Å². The van der Waals surface area contributed by atoms with Crippen molar-refractivity contribution < 1.29 is 24.2 Å². The summed E-state index contributed by atoms with van der Waals surface area (Å²) < 4.78 is 6.46. The predicted molar refractivity (Wildman–Crippen MR) is 107 cm³/mol. The highest BCUT2D eigenvalue weighted by Crippen LogP contribution is 2.63. The highest BCUT2D eigenvalue weighted by atomic mass is 16.5. The van der Waals surface area contributed by atoms with Crippen molar-refractivity contribution in [2.24, 2.45) is 17.8 Å². The Bertz CT molecular complexity index is 696. The van der Waals surface area contributed by atoms with Gasteiger partial charge in [-0.1, -0.05) is 13.8 Å². The minimum Gasteiger partial charge on any atom is -0.394 e. The molecule has 3 aliphatic heterocycles. The molecule has 6 atom stereocenters. The number of ether oxygens (including phenoxy) is 1. The molecule has 0 aliphatic carbocycles. The number of likely N-dealkylation sites (tertiary alicyclic amines) is 1. The van der Waals surface area contributed by atoms with Gasteiger partial charge in [0.1, 0.15) is 11.6 Å². The lowest BCUT2D eigenvalue weighted by Crippen LogP contribution is -2.59. The smallest absolute Gasteiger partial charge is 0.246 e. The molecule has 3 aliphatic rings. The number of carbonyl (C=O) groups is 3. The van der Waals surface area contributed by atoms with Crippen LogP contribution in [0.5, 0.6) is 0 Å². The van der Waals surface area contributed by atoms with E-state index in [1.165, 1.54) is 4.90 Å². The van der Waals surface area contributed by atoms with Gasteiger partial charge in [-0.2, -0.15) is 0 Å². The second-order valence-corrected chi connectivity index (χ2v) is 9.72. The highest BCUT2D eigenvalue weighted by Gasteiger charge is 2.78. The Balaban J connectivity index is 2.10. The number of hydrogen-bond acceptors (Lipinski definition) is 5. The minimum atomic E-state index is -1.04. The van der Waals surface area contributed by atoms with E-state index in [0.717, 1.165) is 0 Å². The summed E-state index contributed by atoms with van der Waals surface area (Å²) in [6.07, 6.45) is 1.72. The van der Waals surface area contributed by atoms with Gasteiger partial charge in [0.25, 0.3) is 0 Å². The molecule has 2 unspecified atom stereocenters. The average molecular weight is 410 g/mol. The fraction of sp³-hybridized carbons (Fsp3) is 0.857. The topological polar surface area (TPSA) is 108 Å². The Kier molecular flexibility index (Phi) is 5.73. The molecule has 0 aromatic rings. The predicted octanol–water partition coefficient (Wildman–Crippen LogP) is 0.429. The maximum atomic E-state index is 13.7. The zero-order valence-corrected chi connectivity index (χ0v) is 18.3. The number of nitrogens with zero attached hydrogens (tertiary/aromatic N) is 1. The summed E-state index contributed by atoms with van der Waals surface area (Å²) >= 11 is 0. The zero-order chi connectivity index (χ0) is 21.7. The molecule has 29 heavy (non-hydrogen) atoms. The van der Waals surface area contributed by atoms with E-state index >= 15 is 0 Å². The number of aliphatic hydroxyl groups is 1. The molecule has 3 fully saturated rings. The molecule has 0 radical (unpaired) electrons. The first kappa shape index (κ1) is 22.0. The van der Waals surface area contributed by atoms with Crippen LogP contribution in [0.4, 0.5) is 0 Å². The van der Waals surface area contributed by atoms with E-state index in [0.29, 0.717) is 19.3 Å². The molecular formula is C21H35N3O5. The van der Waals surface area contributed by atoms with Crippen LogP contribution in [-0.4, -0.2) is 70.7 Å². The number of hydrogen-bond donors (Lipinski definition) is 3. The minimum absolute atomic E-state index is 0.100. The van der Waals surface area contributed by atoms with Crippen molar-refractivity contribution in [2.45, 2.75) is 83.2 Å². The standard InChI is InChI=1S/C21H35N3O5/c1-11(2)9-13(10-25)24-16(18(27)23-12(3)4)21-8-7-20(5,29-21)14(17(26)22-6)15(21)19(24)28/h11-16,25H,7-10H2,1-6H3,(H,22,26)(H,23,27)/t13-,14+,15+,16?,20-,21?/m1/s1. The Hall–Kier alpha value is -1.67. The van der Waals surface area contributed by atoms with Crippen molar-refractivity contribution in [3.05, 3.63) is 0 Å². The first-order valence-corrected chi connectivity index (χ1v) is 10.7. The molecule has 164 valence electrons. The number of amides is 3. The summed E-state index contributed by atoms with van der Waals surface area (Å²) in [4.78, 5) is 41.3. The van der Waals surface area contributed by atoms with E-state index in [1.807, 2.05) is 34.6 Å². The van der Waals surface area contributed by atoms with Crippen LogP contribution in [0.25, 0.3) is 0 Å². The van der Waals surface area contributed by atoms with Gasteiger partial charge in [0.2, 0.25) is 17.7 Å². The summed E-state index contributed by atoms with van der Waals surface area (Å²) in [6, 6.07) is -1.45. The molecule has 3 heterocycles. The van der Waals surface area contributed by atoms with Gasteiger partial charge in [-0.05, 0) is 46.0 Å². The van der Waals surface area contributed by atoms with Crippen LogP contribution in [0, 0.1) is 17.8 Å². The Morgan fingerprint density at radius 1 is 1.24 bits per heavy atom. The summed E-state index contributed by atoms with van der Waals surface area (Å²) in [5.74, 6) is -1.90. The zero-order valence-electron chi connectivity index (χ0n) is 18.3. The van der Waals surface area contributed by atoms with Crippen LogP contribution in [0.3, 0.4) is 0 Å². The second kappa shape index (κ2) is 7.54. The molecule has 3 rings (SSSR count). The second-order valence-electron chi connectivity index (χ2n) is 9.72. The van der Waals surface area contributed by atoms with Crippen LogP contribution in [0.1, 0.15) is 53.9 Å². The first-order valence-electron chi connectivity index (χ1n) is 10.7. The van der Waals surface area contributed by atoms with Gasteiger partial charge >= 0.3 is 0 Å². The van der Waals surface area contributed by atoms with Crippen LogP contribution in [0.15, 0.2) is 0 Å². The lowest BCUT2D eigenvalue weighted by Gasteiger charge is -2.37. The highest BCUT2D eigenvalue weighted by molar-refractivity contribution is 5.99. The van der Waals surface area contributed by atoms with Gasteiger partial charge in [-0.3, -0.25) is 14.4 Å². The van der Waals surface area contributed by atoms with E-state index in [1.54, 1.807) is 7.05 Å². The molecule has 0 saturated carbocycles. The van der Waals surface area contributed by atoms with Gasteiger partial charge < -0.3 is 25.4 Å². The fourth-order valence-electron chi connectivity index (χ4n) is 5.80. The molecule has 3 amide bonds. The SMILES string of the molecule is CNC(=O)[C@@H]1[C@H]2C(=O)N([C@@H](CO)CC(C)C)C(C(=O)NC(C)C)C23CC[C@@]1(C)O3. The van der Waals surface area contributed by atoms with Crippen LogP contribution >= 0.6 is 0 Å². The summed E-state index contributed by atoms with van der Waals surface area (Å²) in [7, 11) is 1.56. The van der Waals surface area contributed by atoms with Crippen molar-refractivity contribution in [3.8, 4) is 0 Å². The van der Waals surface area contributed by atoms with E-state index in [9.17, 15) is 19.5 Å². The molecule has 1 spiro atoms. The molecule has 8 nitrogen and oxygen atoms in total. The number of carbonyl (C=O) groups excluding carboxylic acids is 3. The van der Waals surface area contributed by atoms with Gasteiger partial charge in [0.05, 0.1) is 30.1 Å².